The highest BCUT2D eigenvalue weighted by Gasteiger charge is 2.39. The summed E-state index contributed by atoms with van der Waals surface area (Å²) in [6, 6.07) is 5.60. The van der Waals surface area contributed by atoms with Gasteiger partial charge < -0.3 is 4.74 Å². The first-order valence-electron chi connectivity index (χ1n) is 7.91. The van der Waals surface area contributed by atoms with Crippen LogP contribution in [0.3, 0.4) is 0 Å². The molecule has 1 atom stereocenters. The Bertz CT molecular complexity index is 908. The second-order valence-electron chi connectivity index (χ2n) is 5.45. The number of nitrogens with zero attached hydrogens (tertiary/aromatic N) is 2. The van der Waals surface area contributed by atoms with Crippen molar-refractivity contribution in [3.05, 3.63) is 55.8 Å². The van der Waals surface area contributed by atoms with Crippen molar-refractivity contribution in [3.63, 3.8) is 0 Å². The maximum atomic E-state index is 12.8. The number of ether oxygens (including phenoxy) is 1. The Morgan fingerprint density at radius 2 is 2.23 bits per heavy atom. The molecule has 2 aromatic rings. The Morgan fingerprint density at radius 3 is 2.88 bits per heavy atom. The number of benzene rings is 1. The van der Waals surface area contributed by atoms with Crippen molar-refractivity contribution in [1.82, 2.24) is 10.2 Å². The summed E-state index contributed by atoms with van der Waals surface area (Å²) in [6.07, 6.45) is 4.25. The summed E-state index contributed by atoms with van der Waals surface area (Å²) in [6.45, 7) is 6.04. The number of thioether (sulfide) groups is 1. The van der Waals surface area contributed by atoms with Crippen LogP contribution in [0.15, 0.2) is 40.2 Å². The van der Waals surface area contributed by atoms with Gasteiger partial charge >= 0.3 is 0 Å². The summed E-state index contributed by atoms with van der Waals surface area (Å²) < 4.78 is 6.33. The number of rotatable bonds is 6. The summed E-state index contributed by atoms with van der Waals surface area (Å²) in [5.74, 6) is -0.00590. The molecule has 2 heterocycles. The maximum absolute atomic E-state index is 12.8. The van der Waals surface area contributed by atoms with E-state index in [1.807, 2.05) is 25.1 Å². The summed E-state index contributed by atoms with van der Waals surface area (Å²) in [7, 11) is 0. The smallest absolute Gasteiger partial charge is 0.186 e. The molecule has 1 N–H and O–H groups in total. The van der Waals surface area contributed by atoms with Crippen molar-refractivity contribution >= 4 is 55.9 Å². The van der Waals surface area contributed by atoms with E-state index in [9.17, 15) is 4.79 Å². The molecule has 8 heteroatoms. The van der Waals surface area contributed by atoms with Crippen molar-refractivity contribution in [2.75, 3.05) is 6.61 Å². The Morgan fingerprint density at radius 1 is 1.42 bits per heavy atom. The number of hydrogen-bond acceptors (Lipinski definition) is 7. The SMILES string of the molecule is C=CCOc1ccc(C=C2SC(=N)C(c3nnc(CC)s3)C2=O)cc1Br. The number of nitrogens with one attached hydrogen (secondary N) is 1. The van der Waals surface area contributed by atoms with Gasteiger partial charge in [0.05, 0.1) is 14.4 Å². The van der Waals surface area contributed by atoms with Gasteiger partial charge in [-0.25, -0.2) is 0 Å². The number of ketones is 1. The molecule has 0 aliphatic carbocycles. The van der Waals surface area contributed by atoms with Crippen molar-refractivity contribution in [1.29, 1.82) is 5.41 Å². The minimum absolute atomic E-state index is 0.0955. The van der Waals surface area contributed by atoms with Crippen molar-refractivity contribution < 1.29 is 9.53 Å². The first-order valence-corrected chi connectivity index (χ1v) is 10.3. The van der Waals surface area contributed by atoms with Gasteiger partial charge in [-0.2, -0.15) is 0 Å². The second-order valence-corrected chi connectivity index (χ2v) is 8.48. The van der Waals surface area contributed by atoms with Gasteiger partial charge in [0.2, 0.25) is 0 Å². The van der Waals surface area contributed by atoms with Gasteiger partial charge in [0.15, 0.2) is 5.78 Å². The van der Waals surface area contributed by atoms with Gasteiger partial charge in [-0.3, -0.25) is 10.2 Å². The van der Waals surface area contributed by atoms with E-state index in [0.717, 1.165) is 21.5 Å². The molecule has 1 fully saturated rings. The molecule has 5 nitrogen and oxygen atoms in total. The average Bonchev–Trinajstić information content (AvgIpc) is 3.19. The topological polar surface area (TPSA) is 75.9 Å². The number of aryl methyl sites for hydroxylation is 1. The predicted octanol–water partition coefficient (Wildman–Crippen LogP) is 4.85. The molecule has 26 heavy (non-hydrogen) atoms. The minimum Gasteiger partial charge on any atom is -0.488 e. The first kappa shape index (κ1) is 19.0. The fourth-order valence-corrected chi connectivity index (χ4v) is 4.83. The number of Topliss-reactive ketones (excluding diaryl/α,β-unsaturated/α-hetero) is 1. The lowest BCUT2D eigenvalue weighted by molar-refractivity contribution is -0.114. The monoisotopic (exact) mass is 449 g/mol. The molecule has 0 radical (unpaired) electrons. The van der Waals surface area contributed by atoms with E-state index in [0.29, 0.717) is 27.3 Å². The van der Waals surface area contributed by atoms with Crippen LogP contribution in [0.4, 0.5) is 0 Å². The molecular weight excluding hydrogens is 434 g/mol. The fraction of sp³-hybridized carbons (Fsp3) is 0.222. The third-order valence-corrected chi connectivity index (χ3v) is 6.38. The number of aromatic nitrogens is 2. The van der Waals surface area contributed by atoms with Crippen LogP contribution in [-0.4, -0.2) is 27.6 Å². The fourth-order valence-electron chi connectivity index (χ4n) is 2.36. The van der Waals surface area contributed by atoms with E-state index in [1.54, 1.807) is 12.2 Å². The van der Waals surface area contributed by atoms with E-state index in [1.165, 1.54) is 23.1 Å². The summed E-state index contributed by atoms with van der Waals surface area (Å²) >= 11 is 6.06. The van der Waals surface area contributed by atoms with E-state index in [-0.39, 0.29) is 5.78 Å². The van der Waals surface area contributed by atoms with Crippen molar-refractivity contribution in [2.24, 2.45) is 0 Å². The summed E-state index contributed by atoms with van der Waals surface area (Å²) in [5.41, 5.74) is 0.860. The lowest BCUT2D eigenvalue weighted by Crippen LogP contribution is -2.11. The Balaban J connectivity index is 1.83. The highest BCUT2D eigenvalue weighted by atomic mass is 79.9. The van der Waals surface area contributed by atoms with Gasteiger partial charge in [0, 0.05) is 0 Å². The van der Waals surface area contributed by atoms with Crippen molar-refractivity contribution in [2.45, 2.75) is 19.3 Å². The van der Waals surface area contributed by atoms with Crippen molar-refractivity contribution in [3.8, 4) is 5.75 Å². The lowest BCUT2D eigenvalue weighted by atomic mass is 10.1. The molecule has 1 aliphatic heterocycles. The molecule has 1 aliphatic rings. The van der Waals surface area contributed by atoms with E-state index in [2.05, 4.69) is 32.7 Å². The van der Waals surface area contributed by atoms with Crippen LogP contribution in [-0.2, 0) is 11.2 Å². The van der Waals surface area contributed by atoms with Gasteiger partial charge in [-0.15, -0.1) is 21.5 Å². The lowest BCUT2D eigenvalue weighted by Gasteiger charge is -2.06. The highest BCUT2D eigenvalue weighted by Crippen LogP contribution is 2.41. The molecule has 3 rings (SSSR count). The normalized spacial score (nSPS) is 18.5. The summed E-state index contributed by atoms with van der Waals surface area (Å²) in [4.78, 5) is 13.3. The Labute approximate surface area is 168 Å². The van der Waals surface area contributed by atoms with E-state index < -0.39 is 5.92 Å². The number of hydrogen-bond donors (Lipinski definition) is 1. The molecule has 1 aromatic heterocycles. The number of allylic oxidation sites excluding steroid dienone is 1. The largest absolute Gasteiger partial charge is 0.488 e. The van der Waals surface area contributed by atoms with Gasteiger partial charge in [0.25, 0.3) is 0 Å². The molecular formula is C18H16BrN3O2S2. The standard InChI is InChI=1S/C18H16BrN3O2S2/c1-3-7-24-12-6-5-10(8-11(12)19)9-13-16(23)15(17(20)25-13)18-22-21-14(4-2)26-18/h3,5-6,8-9,15,20H,1,4,7H2,2H3. The van der Waals surface area contributed by atoms with Crippen LogP contribution in [0, 0.1) is 5.41 Å². The molecule has 1 unspecified atom stereocenters. The first-order chi connectivity index (χ1) is 12.5. The number of halogens is 1. The second kappa shape index (κ2) is 8.28. The molecule has 1 saturated heterocycles. The van der Waals surface area contributed by atoms with Crippen LogP contribution in [0.1, 0.15) is 28.4 Å². The Kier molecular flexibility index (Phi) is 6.05. The predicted molar refractivity (Wildman–Crippen MR) is 110 cm³/mol. The molecule has 0 bridgehead atoms. The molecule has 0 amide bonds. The number of carbonyl (C=O) groups is 1. The average molecular weight is 450 g/mol. The molecule has 1 aromatic carbocycles. The van der Waals surface area contributed by atoms with Crippen LogP contribution in [0.25, 0.3) is 6.08 Å². The molecule has 0 spiro atoms. The van der Waals surface area contributed by atoms with E-state index >= 15 is 0 Å². The minimum atomic E-state index is -0.623. The molecule has 0 saturated carbocycles. The maximum Gasteiger partial charge on any atom is 0.186 e. The highest BCUT2D eigenvalue weighted by molar-refractivity contribution is 9.10. The molecule has 134 valence electrons. The number of carbonyl (C=O) groups excluding carboxylic acids is 1. The Hall–Kier alpha value is -1.77. The zero-order valence-electron chi connectivity index (χ0n) is 14.0. The quantitative estimate of drug-likeness (QED) is 0.503. The van der Waals surface area contributed by atoms with E-state index in [4.69, 9.17) is 10.1 Å². The summed E-state index contributed by atoms with van der Waals surface area (Å²) in [5, 5.41) is 18.1. The zero-order valence-corrected chi connectivity index (χ0v) is 17.2. The van der Waals surface area contributed by atoms with Gasteiger partial charge in [0.1, 0.15) is 28.3 Å². The van der Waals surface area contributed by atoms with Crippen LogP contribution in [0.5, 0.6) is 5.75 Å². The zero-order chi connectivity index (χ0) is 18.7. The van der Waals surface area contributed by atoms with Crippen LogP contribution < -0.4 is 4.74 Å². The van der Waals surface area contributed by atoms with Gasteiger partial charge in [-0.1, -0.05) is 37.4 Å². The van der Waals surface area contributed by atoms with Crippen LogP contribution in [0.2, 0.25) is 0 Å². The third-order valence-electron chi connectivity index (χ3n) is 3.63. The van der Waals surface area contributed by atoms with Crippen LogP contribution >= 0.6 is 39.0 Å². The van der Waals surface area contributed by atoms with Gasteiger partial charge in [-0.05, 0) is 46.1 Å². The third kappa shape index (κ3) is 3.97.